The summed E-state index contributed by atoms with van der Waals surface area (Å²) in [7, 11) is -3.68. The van der Waals surface area contributed by atoms with Gasteiger partial charge in [0.15, 0.2) is 5.79 Å². The zero-order valence-electron chi connectivity index (χ0n) is 17.2. The lowest BCUT2D eigenvalue weighted by molar-refractivity contribution is -0.179. The molecule has 3 aliphatic heterocycles. The summed E-state index contributed by atoms with van der Waals surface area (Å²) in [5.74, 6) is -0.827. The number of likely N-dealkylation sites (tertiary alicyclic amines) is 1. The molecule has 5 heterocycles. The van der Waals surface area contributed by atoms with Crippen LogP contribution in [-0.2, 0) is 19.5 Å². The summed E-state index contributed by atoms with van der Waals surface area (Å²) >= 11 is 1.26. The molecule has 31 heavy (non-hydrogen) atoms. The molecule has 0 unspecified atom stereocenters. The van der Waals surface area contributed by atoms with Crippen LogP contribution in [0.4, 0.5) is 0 Å². The van der Waals surface area contributed by atoms with Gasteiger partial charge in [-0.2, -0.15) is 4.31 Å². The Morgan fingerprint density at radius 1 is 1.10 bits per heavy atom. The highest BCUT2D eigenvalue weighted by atomic mass is 32.2. The molecule has 0 aliphatic carbocycles. The Morgan fingerprint density at radius 2 is 1.77 bits per heavy atom. The molecule has 5 rings (SSSR count). The number of piperidine rings is 1. The van der Waals surface area contributed by atoms with Crippen LogP contribution >= 0.6 is 11.3 Å². The zero-order valence-corrected chi connectivity index (χ0v) is 18.8. The van der Waals surface area contributed by atoms with Crippen LogP contribution in [0.1, 0.15) is 41.2 Å². The Hall–Kier alpha value is -1.86. The number of carbonyl (C=O) groups is 1. The van der Waals surface area contributed by atoms with E-state index in [1.54, 1.807) is 17.9 Å². The number of carbonyl (C=O) groups excluding carboxylic acids is 1. The molecule has 0 atom stereocenters. The van der Waals surface area contributed by atoms with E-state index < -0.39 is 15.8 Å². The number of hydrogen-bond acceptors (Lipinski definition) is 9. The van der Waals surface area contributed by atoms with Gasteiger partial charge in [0.2, 0.25) is 10.0 Å². The summed E-state index contributed by atoms with van der Waals surface area (Å²) in [5, 5.41) is 7.86. The van der Waals surface area contributed by atoms with E-state index in [2.05, 4.69) is 10.2 Å². The second-order valence-corrected chi connectivity index (χ2v) is 11.1. The van der Waals surface area contributed by atoms with Crippen LogP contribution in [0.15, 0.2) is 15.4 Å². The Kier molecular flexibility index (Phi) is 5.37. The van der Waals surface area contributed by atoms with E-state index in [0.29, 0.717) is 62.0 Å². The van der Waals surface area contributed by atoms with Crippen molar-refractivity contribution < 1.29 is 27.1 Å². The summed E-state index contributed by atoms with van der Waals surface area (Å²) < 4.78 is 45.0. The Balaban J connectivity index is 1.34. The van der Waals surface area contributed by atoms with Crippen molar-refractivity contribution in [3.05, 3.63) is 16.8 Å². The monoisotopic (exact) mass is 468 g/mol. The van der Waals surface area contributed by atoms with Gasteiger partial charge in [0.05, 0.1) is 23.0 Å². The lowest BCUT2D eigenvalue weighted by atomic mass is 10.1. The first-order chi connectivity index (χ1) is 14.9. The van der Waals surface area contributed by atoms with Gasteiger partial charge in [0, 0.05) is 43.9 Å². The van der Waals surface area contributed by atoms with E-state index in [0.717, 1.165) is 12.8 Å². The average molecular weight is 469 g/mol. The van der Waals surface area contributed by atoms with E-state index >= 15 is 0 Å². The molecule has 3 aliphatic rings. The lowest BCUT2D eigenvalue weighted by Crippen LogP contribution is -2.47. The van der Waals surface area contributed by atoms with Crippen molar-refractivity contribution >= 4 is 27.3 Å². The quantitative estimate of drug-likeness (QED) is 0.668. The van der Waals surface area contributed by atoms with Gasteiger partial charge in [-0.05, 0) is 25.8 Å². The van der Waals surface area contributed by atoms with Crippen LogP contribution in [0.25, 0.3) is 10.8 Å². The number of rotatable bonds is 4. The van der Waals surface area contributed by atoms with Crippen LogP contribution in [-0.4, -0.2) is 78.9 Å². The largest absolute Gasteiger partial charge is 0.411 e. The molecule has 3 fully saturated rings. The topological polar surface area (TPSA) is 115 Å². The maximum absolute atomic E-state index is 13.3. The molecule has 168 valence electrons. The van der Waals surface area contributed by atoms with Crippen LogP contribution in [0.3, 0.4) is 0 Å². The Morgan fingerprint density at radius 3 is 2.45 bits per heavy atom. The van der Waals surface area contributed by atoms with Crippen molar-refractivity contribution in [2.75, 3.05) is 39.4 Å². The third kappa shape index (κ3) is 3.80. The molecule has 0 bridgehead atoms. The van der Waals surface area contributed by atoms with Crippen molar-refractivity contribution in [1.82, 2.24) is 19.4 Å². The molecule has 0 aromatic carbocycles. The van der Waals surface area contributed by atoms with Gasteiger partial charge in [0.25, 0.3) is 5.89 Å². The van der Waals surface area contributed by atoms with Gasteiger partial charge in [-0.1, -0.05) is 0 Å². The fourth-order valence-electron chi connectivity index (χ4n) is 4.28. The first kappa shape index (κ1) is 21.0. The lowest BCUT2D eigenvalue weighted by Gasteiger charge is -2.36. The molecular formula is C19H24N4O6S2. The van der Waals surface area contributed by atoms with Gasteiger partial charge in [-0.15, -0.1) is 21.5 Å². The minimum atomic E-state index is -3.68. The molecule has 1 amide bonds. The third-order valence-electron chi connectivity index (χ3n) is 6.00. The normalized spacial score (nSPS) is 21.9. The van der Waals surface area contributed by atoms with Gasteiger partial charge < -0.3 is 18.8 Å². The molecule has 0 radical (unpaired) electrons. The van der Waals surface area contributed by atoms with E-state index in [-0.39, 0.29) is 22.6 Å². The van der Waals surface area contributed by atoms with E-state index in [9.17, 15) is 13.2 Å². The Bertz CT molecular complexity index is 1070. The highest BCUT2D eigenvalue weighted by Crippen LogP contribution is 2.37. The molecular weight excluding hydrogens is 444 g/mol. The predicted octanol–water partition coefficient (Wildman–Crippen LogP) is 1.87. The highest BCUT2D eigenvalue weighted by Gasteiger charge is 2.43. The van der Waals surface area contributed by atoms with E-state index in [1.807, 2.05) is 0 Å². The van der Waals surface area contributed by atoms with Crippen molar-refractivity contribution in [2.24, 2.45) is 0 Å². The van der Waals surface area contributed by atoms with E-state index in [4.69, 9.17) is 13.9 Å². The van der Waals surface area contributed by atoms with Gasteiger partial charge in [0.1, 0.15) is 0 Å². The summed E-state index contributed by atoms with van der Waals surface area (Å²) in [5.41, 5.74) is 0. The number of thiophene rings is 1. The number of aromatic nitrogens is 2. The fourth-order valence-corrected chi connectivity index (χ4v) is 7.21. The second kappa shape index (κ2) is 7.93. The van der Waals surface area contributed by atoms with Gasteiger partial charge in [-0.3, -0.25) is 4.79 Å². The van der Waals surface area contributed by atoms with Crippen LogP contribution in [0, 0.1) is 6.92 Å². The maximum atomic E-state index is 13.3. The van der Waals surface area contributed by atoms with Crippen molar-refractivity contribution in [1.29, 1.82) is 0 Å². The van der Waals surface area contributed by atoms with Crippen molar-refractivity contribution in [2.45, 2.75) is 43.3 Å². The molecule has 10 nitrogen and oxygen atoms in total. The molecule has 12 heteroatoms. The molecule has 0 saturated carbocycles. The van der Waals surface area contributed by atoms with Gasteiger partial charge in [-0.25, -0.2) is 8.42 Å². The number of hydrogen-bond donors (Lipinski definition) is 0. The summed E-state index contributed by atoms with van der Waals surface area (Å²) in [6, 6.07) is 1.56. The van der Waals surface area contributed by atoms with Crippen LogP contribution < -0.4 is 0 Å². The maximum Gasteiger partial charge on any atom is 0.311 e. The standard InChI is InChI=1S/C19H24N4O6S2/c1-13-15(31(25,26)23-8-4-19(5-9-23)27-10-11-28-19)12-14(30-13)16-20-21-17(29-16)18(24)22-6-2-3-7-22/h12H,2-11H2,1H3. The SMILES string of the molecule is Cc1sc(-c2nnc(C(=O)N3CCCC3)o2)cc1S(=O)(=O)N1CCC2(CC1)OCCO2. The average Bonchev–Trinajstić information content (AvgIpc) is 3.55. The second-order valence-electron chi connectivity index (χ2n) is 7.95. The molecule has 0 N–H and O–H groups in total. The van der Waals surface area contributed by atoms with Crippen molar-refractivity contribution in [3.63, 3.8) is 0 Å². The summed E-state index contributed by atoms with van der Waals surface area (Å²) in [6.07, 6.45) is 2.95. The number of nitrogens with zero attached hydrogens (tertiary/aromatic N) is 4. The van der Waals surface area contributed by atoms with Crippen molar-refractivity contribution in [3.8, 4) is 10.8 Å². The predicted molar refractivity (Wildman–Crippen MR) is 110 cm³/mol. The molecule has 1 spiro atoms. The minimum absolute atomic E-state index is 0.0646. The number of amides is 1. The fraction of sp³-hybridized carbons (Fsp3) is 0.632. The first-order valence-corrected chi connectivity index (χ1v) is 12.7. The zero-order chi connectivity index (χ0) is 21.6. The minimum Gasteiger partial charge on any atom is -0.411 e. The highest BCUT2D eigenvalue weighted by molar-refractivity contribution is 7.89. The first-order valence-electron chi connectivity index (χ1n) is 10.4. The molecule has 3 saturated heterocycles. The number of ether oxygens (including phenoxy) is 2. The third-order valence-corrected chi connectivity index (χ3v) is 9.19. The molecule has 2 aromatic heterocycles. The van der Waals surface area contributed by atoms with Gasteiger partial charge >= 0.3 is 11.8 Å². The summed E-state index contributed by atoms with van der Waals surface area (Å²) in [6.45, 7) is 4.89. The number of sulfonamides is 1. The smallest absolute Gasteiger partial charge is 0.311 e. The van der Waals surface area contributed by atoms with Crippen LogP contribution in [0.2, 0.25) is 0 Å². The van der Waals surface area contributed by atoms with E-state index in [1.165, 1.54) is 15.6 Å². The van der Waals surface area contributed by atoms with Crippen LogP contribution in [0.5, 0.6) is 0 Å². The summed E-state index contributed by atoms with van der Waals surface area (Å²) in [4.78, 5) is 15.5. The Labute approximate surface area is 184 Å². The number of aryl methyl sites for hydroxylation is 1. The molecule has 2 aromatic rings.